The maximum Gasteiger partial charge on any atom is 0.292 e. The van der Waals surface area contributed by atoms with Crippen LogP contribution in [0.3, 0.4) is 0 Å². The van der Waals surface area contributed by atoms with Crippen LogP contribution < -0.4 is 5.32 Å². The first kappa shape index (κ1) is 14.4. The highest BCUT2D eigenvalue weighted by molar-refractivity contribution is 14.1. The molecule has 0 aliphatic heterocycles. The molecule has 102 valence electrons. The molecule has 0 aromatic heterocycles. The predicted molar refractivity (Wildman–Crippen MR) is 84.9 cm³/mol. The van der Waals surface area contributed by atoms with E-state index in [0.717, 1.165) is 9.13 Å². The Morgan fingerprint density at radius 3 is 2.60 bits per heavy atom. The van der Waals surface area contributed by atoms with Gasteiger partial charge in [0.2, 0.25) is 0 Å². The summed E-state index contributed by atoms with van der Waals surface area (Å²) in [6, 6.07) is 11.5. The highest BCUT2D eigenvalue weighted by atomic mass is 127. The standard InChI is InChI=1S/C14H11IN2O3/c1-9-5-4-6-10(13(9)15)14(18)16-11-7-2-3-8-12(11)17(19)20/h2-8H,1H3,(H,16,18). The van der Waals surface area contributed by atoms with E-state index in [9.17, 15) is 14.9 Å². The normalized spacial score (nSPS) is 10.1. The van der Waals surface area contributed by atoms with E-state index >= 15 is 0 Å². The summed E-state index contributed by atoms with van der Waals surface area (Å²) in [6.07, 6.45) is 0. The average Bonchev–Trinajstić information content (AvgIpc) is 2.42. The summed E-state index contributed by atoms with van der Waals surface area (Å²) < 4.78 is 0.834. The molecule has 1 amide bonds. The number of para-hydroxylation sites is 2. The fourth-order valence-electron chi connectivity index (χ4n) is 1.75. The number of anilines is 1. The molecule has 6 heteroatoms. The quantitative estimate of drug-likeness (QED) is 0.499. The molecule has 0 spiro atoms. The Balaban J connectivity index is 2.33. The highest BCUT2D eigenvalue weighted by Gasteiger charge is 2.17. The van der Waals surface area contributed by atoms with Gasteiger partial charge in [-0.25, -0.2) is 0 Å². The maximum atomic E-state index is 12.2. The predicted octanol–water partition coefficient (Wildman–Crippen LogP) is 3.76. The van der Waals surface area contributed by atoms with Crippen LogP contribution >= 0.6 is 22.6 Å². The second-order valence-electron chi connectivity index (χ2n) is 4.16. The van der Waals surface area contributed by atoms with Crippen LogP contribution in [-0.4, -0.2) is 10.8 Å². The molecule has 2 rings (SSSR count). The Morgan fingerprint density at radius 2 is 1.90 bits per heavy atom. The molecule has 0 atom stereocenters. The summed E-state index contributed by atoms with van der Waals surface area (Å²) >= 11 is 2.09. The molecule has 0 radical (unpaired) electrons. The number of nitro benzene ring substituents is 1. The molecule has 0 saturated heterocycles. The van der Waals surface area contributed by atoms with Gasteiger partial charge in [-0.2, -0.15) is 0 Å². The van der Waals surface area contributed by atoms with Crippen LogP contribution in [0.1, 0.15) is 15.9 Å². The third kappa shape index (κ3) is 2.96. The highest BCUT2D eigenvalue weighted by Crippen LogP contribution is 2.25. The van der Waals surface area contributed by atoms with E-state index in [1.54, 1.807) is 24.3 Å². The lowest BCUT2D eigenvalue weighted by molar-refractivity contribution is -0.383. The zero-order valence-corrected chi connectivity index (χ0v) is 12.7. The van der Waals surface area contributed by atoms with Crippen molar-refractivity contribution in [2.24, 2.45) is 0 Å². The molecule has 5 nitrogen and oxygen atoms in total. The lowest BCUT2D eigenvalue weighted by Gasteiger charge is -2.08. The van der Waals surface area contributed by atoms with E-state index in [2.05, 4.69) is 27.9 Å². The molecule has 2 aromatic carbocycles. The van der Waals surface area contributed by atoms with Gasteiger partial charge in [0, 0.05) is 9.64 Å². The van der Waals surface area contributed by atoms with E-state index < -0.39 is 4.92 Å². The minimum Gasteiger partial charge on any atom is -0.316 e. The van der Waals surface area contributed by atoms with Crippen molar-refractivity contribution in [1.29, 1.82) is 0 Å². The lowest BCUT2D eigenvalue weighted by Crippen LogP contribution is -2.14. The molecular weight excluding hydrogens is 371 g/mol. The lowest BCUT2D eigenvalue weighted by atomic mass is 10.1. The van der Waals surface area contributed by atoms with Gasteiger partial charge in [-0.3, -0.25) is 14.9 Å². The molecule has 0 bridgehead atoms. The second kappa shape index (κ2) is 6.00. The van der Waals surface area contributed by atoms with Crippen LogP contribution in [0.4, 0.5) is 11.4 Å². The van der Waals surface area contributed by atoms with Gasteiger partial charge in [-0.15, -0.1) is 0 Å². The van der Waals surface area contributed by atoms with Gasteiger partial charge >= 0.3 is 0 Å². The van der Waals surface area contributed by atoms with Crippen LogP contribution in [0.25, 0.3) is 0 Å². The van der Waals surface area contributed by atoms with E-state index in [4.69, 9.17) is 0 Å². The Kier molecular flexibility index (Phi) is 4.33. The minimum absolute atomic E-state index is 0.122. The van der Waals surface area contributed by atoms with Gasteiger partial charge in [0.05, 0.1) is 10.5 Å². The Morgan fingerprint density at radius 1 is 1.20 bits per heavy atom. The molecule has 0 saturated carbocycles. The summed E-state index contributed by atoms with van der Waals surface area (Å²) in [5.41, 5.74) is 1.56. The number of nitrogens with zero attached hydrogens (tertiary/aromatic N) is 1. The Labute approximate surface area is 129 Å². The molecule has 1 N–H and O–H groups in total. The monoisotopic (exact) mass is 382 g/mol. The molecular formula is C14H11IN2O3. The Bertz CT molecular complexity index is 686. The van der Waals surface area contributed by atoms with Gasteiger partial charge < -0.3 is 5.32 Å². The maximum absolute atomic E-state index is 12.2. The van der Waals surface area contributed by atoms with Gasteiger partial charge in [-0.05, 0) is 47.2 Å². The number of hydrogen-bond acceptors (Lipinski definition) is 3. The van der Waals surface area contributed by atoms with Crippen molar-refractivity contribution >= 4 is 39.9 Å². The summed E-state index contributed by atoms with van der Waals surface area (Å²) in [4.78, 5) is 22.6. The number of carbonyl (C=O) groups is 1. The van der Waals surface area contributed by atoms with Gasteiger partial charge in [0.15, 0.2) is 0 Å². The largest absolute Gasteiger partial charge is 0.316 e. The molecule has 0 heterocycles. The number of halogens is 1. The molecule has 0 unspecified atom stereocenters. The van der Waals surface area contributed by atoms with Crippen molar-refractivity contribution in [2.45, 2.75) is 6.92 Å². The van der Waals surface area contributed by atoms with Gasteiger partial charge in [0.25, 0.3) is 11.6 Å². The number of benzene rings is 2. The van der Waals surface area contributed by atoms with E-state index in [-0.39, 0.29) is 17.3 Å². The number of hydrogen-bond donors (Lipinski definition) is 1. The average molecular weight is 382 g/mol. The Hall–Kier alpha value is -1.96. The van der Waals surface area contributed by atoms with E-state index in [1.807, 2.05) is 13.0 Å². The SMILES string of the molecule is Cc1cccc(C(=O)Nc2ccccc2[N+](=O)[O-])c1I. The van der Waals surface area contributed by atoms with Crippen molar-refractivity contribution in [3.8, 4) is 0 Å². The van der Waals surface area contributed by atoms with E-state index in [1.165, 1.54) is 12.1 Å². The summed E-state index contributed by atoms with van der Waals surface area (Å²) in [5.74, 6) is -0.354. The first-order valence-corrected chi connectivity index (χ1v) is 6.88. The smallest absolute Gasteiger partial charge is 0.292 e. The van der Waals surface area contributed by atoms with E-state index in [0.29, 0.717) is 5.56 Å². The first-order chi connectivity index (χ1) is 9.50. The molecule has 0 aliphatic rings. The minimum atomic E-state index is -0.517. The fourth-order valence-corrected chi connectivity index (χ4v) is 2.36. The summed E-state index contributed by atoms with van der Waals surface area (Å²) in [6.45, 7) is 1.91. The van der Waals surface area contributed by atoms with Crippen molar-refractivity contribution in [1.82, 2.24) is 0 Å². The third-order valence-electron chi connectivity index (χ3n) is 2.79. The van der Waals surface area contributed by atoms with Gasteiger partial charge in [-0.1, -0.05) is 24.3 Å². The van der Waals surface area contributed by atoms with Crippen LogP contribution in [0.15, 0.2) is 42.5 Å². The number of nitrogens with one attached hydrogen (secondary N) is 1. The van der Waals surface area contributed by atoms with Gasteiger partial charge in [0.1, 0.15) is 5.69 Å². The van der Waals surface area contributed by atoms with Crippen molar-refractivity contribution < 1.29 is 9.72 Å². The number of amides is 1. The van der Waals surface area contributed by atoms with Crippen molar-refractivity contribution in [3.63, 3.8) is 0 Å². The number of aryl methyl sites for hydroxylation is 1. The van der Waals surface area contributed by atoms with Crippen LogP contribution in [0.2, 0.25) is 0 Å². The molecule has 2 aromatic rings. The zero-order chi connectivity index (χ0) is 14.7. The zero-order valence-electron chi connectivity index (χ0n) is 10.6. The van der Waals surface area contributed by atoms with Crippen molar-refractivity contribution in [3.05, 3.63) is 67.3 Å². The summed E-state index contributed by atoms with van der Waals surface area (Å²) in [5, 5.41) is 13.5. The summed E-state index contributed by atoms with van der Waals surface area (Å²) in [7, 11) is 0. The number of rotatable bonds is 3. The second-order valence-corrected chi connectivity index (χ2v) is 5.24. The van der Waals surface area contributed by atoms with Crippen LogP contribution in [-0.2, 0) is 0 Å². The molecule has 20 heavy (non-hydrogen) atoms. The third-order valence-corrected chi connectivity index (χ3v) is 4.22. The fraction of sp³-hybridized carbons (Fsp3) is 0.0714. The molecule has 0 aliphatic carbocycles. The van der Waals surface area contributed by atoms with Crippen molar-refractivity contribution in [2.75, 3.05) is 5.32 Å². The topological polar surface area (TPSA) is 72.2 Å². The first-order valence-electron chi connectivity index (χ1n) is 5.80. The number of carbonyl (C=O) groups excluding carboxylic acids is 1. The number of nitro groups is 1. The molecule has 0 fully saturated rings. The van der Waals surface area contributed by atoms with Crippen LogP contribution in [0, 0.1) is 20.6 Å². The van der Waals surface area contributed by atoms with Crippen LogP contribution in [0.5, 0.6) is 0 Å².